The summed E-state index contributed by atoms with van der Waals surface area (Å²) in [5.41, 5.74) is 0.852. The first kappa shape index (κ1) is 13.4. The molecule has 0 aliphatic carbocycles. The van der Waals surface area contributed by atoms with Gasteiger partial charge in [-0.2, -0.15) is 0 Å². The molecule has 0 saturated carbocycles. The smallest absolute Gasteiger partial charge is 0.342 e. The van der Waals surface area contributed by atoms with Crippen molar-refractivity contribution in [3.63, 3.8) is 0 Å². The Hall–Kier alpha value is -1.71. The lowest BCUT2D eigenvalue weighted by molar-refractivity contribution is 0.0522. The molecule has 1 N–H and O–H groups in total. The predicted octanol–water partition coefficient (Wildman–Crippen LogP) is 2.67. The first-order valence-electron chi connectivity index (χ1n) is 5.73. The number of phenolic OH excluding ortho intramolecular Hbond substituents is 1. The number of esters is 1. The van der Waals surface area contributed by atoms with E-state index in [2.05, 4.69) is 0 Å². The molecule has 0 aliphatic heterocycles. The summed E-state index contributed by atoms with van der Waals surface area (Å²) >= 11 is 0. The fourth-order valence-corrected chi connectivity index (χ4v) is 1.51. The van der Waals surface area contributed by atoms with Crippen LogP contribution in [0, 0.1) is 6.92 Å². The Morgan fingerprint density at radius 1 is 1.35 bits per heavy atom. The van der Waals surface area contributed by atoms with Crippen LogP contribution in [0.3, 0.4) is 0 Å². The minimum Gasteiger partial charge on any atom is -0.507 e. The molecule has 0 unspecified atom stereocenters. The van der Waals surface area contributed by atoms with Crippen molar-refractivity contribution in [1.82, 2.24) is 0 Å². The van der Waals surface area contributed by atoms with Crippen LogP contribution < -0.4 is 4.74 Å². The van der Waals surface area contributed by atoms with Crippen molar-refractivity contribution in [3.05, 3.63) is 23.3 Å². The molecule has 0 aromatic heterocycles. The highest BCUT2D eigenvalue weighted by atomic mass is 16.5. The fraction of sp³-hybridized carbons (Fsp3) is 0.462. The third-order valence-electron chi connectivity index (χ3n) is 2.24. The van der Waals surface area contributed by atoms with E-state index >= 15 is 0 Å². The number of carbonyl (C=O) groups excluding carboxylic acids is 1. The number of hydrogen-bond acceptors (Lipinski definition) is 4. The number of aryl methyl sites for hydroxylation is 1. The SMILES string of the molecule is CCCOc1cc(C)c(C(=O)OCC)c(O)c1. The van der Waals surface area contributed by atoms with E-state index in [4.69, 9.17) is 9.47 Å². The molecule has 0 atom stereocenters. The number of aromatic hydroxyl groups is 1. The van der Waals surface area contributed by atoms with Crippen molar-refractivity contribution in [2.75, 3.05) is 13.2 Å². The highest BCUT2D eigenvalue weighted by molar-refractivity contribution is 5.94. The first-order chi connectivity index (χ1) is 8.10. The van der Waals surface area contributed by atoms with Gasteiger partial charge in [-0.3, -0.25) is 0 Å². The van der Waals surface area contributed by atoms with Crippen LogP contribution in [0.2, 0.25) is 0 Å². The highest BCUT2D eigenvalue weighted by Crippen LogP contribution is 2.28. The minimum absolute atomic E-state index is 0.102. The lowest BCUT2D eigenvalue weighted by Crippen LogP contribution is -2.07. The van der Waals surface area contributed by atoms with Gasteiger partial charge in [0.05, 0.1) is 13.2 Å². The minimum atomic E-state index is -0.510. The lowest BCUT2D eigenvalue weighted by atomic mass is 10.1. The van der Waals surface area contributed by atoms with Crippen LogP contribution in [-0.2, 0) is 4.74 Å². The van der Waals surface area contributed by atoms with Crippen LogP contribution in [-0.4, -0.2) is 24.3 Å². The Bertz CT molecular complexity index is 375. The average molecular weight is 238 g/mol. The van der Waals surface area contributed by atoms with Gasteiger partial charge in [0, 0.05) is 6.07 Å². The van der Waals surface area contributed by atoms with E-state index in [1.807, 2.05) is 6.92 Å². The molecular weight excluding hydrogens is 220 g/mol. The second-order valence-electron chi connectivity index (χ2n) is 3.70. The maximum absolute atomic E-state index is 11.6. The fourth-order valence-electron chi connectivity index (χ4n) is 1.51. The van der Waals surface area contributed by atoms with Gasteiger partial charge in [-0.15, -0.1) is 0 Å². The van der Waals surface area contributed by atoms with Crippen molar-refractivity contribution < 1.29 is 19.4 Å². The quantitative estimate of drug-likeness (QED) is 0.801. The van der Waals surface area contributed by atoms with Crippen molar-refractivity contribution >= 4 is 5.97 Å². The van der Waals surface area contributed by atoms with Gasteiger partial charge in [0.25, 0.3) is 0 Å². The zero-order valence-corrected chi connectivity index (χ0v) is 10.4. The van der Waals surface area contributed by atoms with E-state index in [9.17, 15) is 9.90 Å². The van der Waals surface area contributed by atoms with E-state index in [0.29, 0.717) is 17.9 Å². The Morgan fingerprint density at radius 3 is 2.59 bits per heavy atom. The molecule has 0 fully saturated rings. The molecule has 4 heteroatoms. The van der Waals surface area contributed by atoms with E-state index in [-0.39, 0.29) is 17.9 Å². The van der Waals surface area contributed by atoms with E-state index in [0.717, 1.165) is 6.42 Å². The number of rotatable bonds is 5. The number of hydrogen-bond donors (Lipinski definition) is 1. The van der Waals surface area contributed by atoms with Gasteiger partial charge in [-0.1, -0.05) is 6.92 Å². The summed E-state index contributed by atoms with van der Waals surface area (Å²) < 4.78 is 10.3. The van der Waals surface area contributed by atoms with Crippen LogP contribution in [0.15, 0.2) is 12.1 Å². The van der Waals surface area contributed by atoms with Crippen LogP contribution >= 0.6 is 0 Å². The van der Waals surface area contributed by atoms with Gasteiger partial charge in [-0.05, 0) is 31.9 Å². The highest BCUT2D eigenvalue weighted by Gasteiger charge is 2.16. The van der Waals surface area contributed by atoms with E-state index in [1.165, 1.54) is 6.07 Å². The second-order valence-corrected chi connectivity index (χ2v) is 3.70. The number of benzene rings is 1. The van der Waals surface area contributed by atoms with Crippen LogP contribution in [0.5, 0.6) is 11.5 Å². The average Bonchev–Trinajstić information content (AvgIpc) is 2.25. The largest absolute Gasteiger partial charge is 0.507 e. The predicted molar refractivity (Wildman–Crippen MR) is 64.6 cm³/mol. The molecule has 17 heavy (non-hydrogen) atoms. The van der Waals surface area contributed by atoms with Gasteiger partial charge in [-0.25, -0.2) is 4.79 Å². The summed E-state index contributed by atoms with van der Waals surface area (Å²) in [7, 11) is 0. The van der Waals surface area contributed by atoms with Gasteiger partial charge < -0.3 is 14.6 Å². The molecule has 0 radical (unpaired) electrons. The van der Waals surface area contributed by atoms with Gasteiger partial charge in [0.2, 0.25) is 0 Å². The van der Waals surface area contributed by atoms with Crippen LogP contribution in [0.4, 0.5) is 0 Å². The second kappa shape index (κ2) is 6.13. The molecule has 0 amide bonds. The molecule has 0 bridgehead atoms. The third-order valence-corrected chi connectivity index (χ3v) is 2.24. The molecule has 0 saturated heterocycles. The zero-order valence-electron chi connectivity index (χ0n) is 10.4. The molecule has 0 aliphatic rings. The Labute approximate surface area is 101 Å². The van der Waals surface area contributed by atoms with E-state index < -0.39 is 5.97 Å². The van der Waals surface area contributed by atoms with Gasteiger partial charge >= 0.3 is 5.97 Å². The summed E-state index contributed by atoms with van der Waals surface area (Å²) in [5, 5.41) is 9.79. The summed E-state index contributed by atoms with van der Waals surface area (Å²) in [5.74, 6) is -0.0472. The molecule has 1 rings (SSSR count). The molecule has 94 valence electrons. The topological polar surface area (TPSA) is 55.8 Å². The molecule has 1 aromatic carbocycles. The molecular formula is C13H18O4. The van der Waals surface area contributed by atoms with Crippen LogP contribution in [0.1, 0.15) is 36.2 Å². The van der Waals surface area contributed by atoms with Crippen molar-refractivity contribution in [1.29, 1.82) is 0 Å². The van der Waals surface area contributed by atoms with E-state index in [1.54, 1.807) is 19.9 Å². The molecule has 0 spiro atoms. The number of ether oxygens (including phenoxy) is 2. The van der Waals surface area contributed by atoms with Crippen molar-refractivity contribution in [3.8, 4) is 11.5 Å². The summed E-state index contributed by atoms with van der Waals surface area (Å²) in [6, 6.07) is 3.16. The first-order valence-corrected chi connectivity index (χ1v) is 5.73. The Balaban J connectivity index is 2.97. The normalized spacial score (nSPS) is 10.1. The molecule has 0 heterocycles. The van der Waals surface area contributed by atoms with Gasteiger partial charge in [0.15, 0.2) is 0 Å². The maximum atomic E-state index is 11.6. The maximum Gasteiger partial charge on any atom is 0.342 e. The van der Waals surface area contributed by atoms with Crippen molar-refractivity contribution in [2.24, 2.45) is 0 Å². The molecule has 4 nitrogen and oxygen atoms in total. The van der Waals surface area contributed by atoms with Crippen LogP contribution in [0.25, 0.3) is 0 Å². The monoisotopic (exact) mass is 238 g/mol. The molecule has 1 aromatic rings. The summed E-state index contributed by atoms with van der Waals surface area (Å²) in [6.45, 7) is 6.33. The Kier molecular flexibility index (Phi) is 4.82. The van der Waals surface area contributed by atoms with Gasteiger partial charge in [0.1, 0.15) is 17.1 Å². The van der Waals surface area contributed by atoms with Crippen molar-refractivity contribution in [2.45, 2.75) is 27.2 Å². The summed E-state index contributed by atoms with van der Waals surface area (Å²) in [6.07, 6.45) is 0.888. The summed E-state index contributed by atoms with van der Waals surface area (Å²) in [4.78, 5) is 11.6. The standard InChI is InChI=1S/C13H18O4/c1-4-6-17-10-7-9(3)12(11(14)8-10)13(15)16-5-2/h7-8,14H,4-6H2,1-3H3. The zero-order chi connectivity index (χ0) is 12.8. The third kappa shape index (κ3) is 3.37. The number of phenols is 1. The Morgan fingerprint density at radius 2 is 2.06 bits per heavy atom. The lowest BCUT2D eigenvalue weighted by Gasteiger charge is -2.11. The number of carbonyl (C=O) groups is 1.